The molecule has 0 radical (unpaired) electrons. The molecule has 0 saturated carbocycles. The highest BCUT2D eigenvalue weighted by molar-refractivity contribution is 9.10. The van der Waals surface area contributed by atoms with Crippen LogP contribution in [0.5, 0.6) is 0 Å². The molecule has 0 unspecified atom stereocenters. The zero-order valence-electron chi connectivity index (χ0n) is 11.5. The fraction of sp³-hybridized carbons (Fsp3) is 0.333. The van der Waals surface area contributed by atoms with Gasteiger partial charge in [0.1, 0.15) is 11.6 Å². The molecule has 2 aromatic rings. The normalized spacial score (nSPS) is 15.6. The Morgan fingerprint density at radius 2 is 2.09 bits per heavy atom. The van der Waals surface area contributed by atoms with Crippen LogP contribution in [0, 0.1) is 0 Å². The number of rotatable bonds is 3. The van der Waals surface area contributed by atoms with Crippen LogP contribution < -0.4 is 0 Å². The van der Waals surface area contributed by atoms with Gasteiger partial charge in [0.25, 0.3) is 5.91 Å². The minimum absolute atomic E-state index is 0.0753. The van der Waals surface area contributed by atoms with E-state index >= 15 is 0 Å². The van der Waals surface area contributed by atoms with E-state index in [1.54, 1.807) is 19.3 Å². The van der Waals surface area contributed by atoms with E-state index in [2.05, 4.69) is 31.1 Å². The first-order chi connectivity index (χ1) is 10.4. The maximum atomic E-state index is 12.4. The van der Waals surface area contributed by atoms with Gasteiger partial charge in [-0.05, 0) is 22.0 Å². The van der Waals surface area contributed by atoms with Gasteiger partial charge < -0.3 is 9.47 Å². The van der Waals surface area contributed by atoms with Gasteiger partial charge in [0.15, 0.2) is 0 Å². The van der Waals surface area contributed by atoms with Gasteiger partial charge in [-0.25, -0.2) is 8.42 Å². The van der Waals surface area contributed by atoms with Gasteiger partial charge in [0.05, 0.1) is 5.56 Å². The number of aromatic nitrogens is 4. The number of likely N-dealkylation sites (tertiary alicyclic amines) is 1. The number of hydrogen-bond acceptors (Lipinski definition) is 6. The Morgan fingerprint density at radius 1 is 1.36 bits per heavy atom. The maximum absolute atomic E-state index is 12.4. The van der Waals surface area contributed by atoms with E-state index in [4.69, 9.17) is 0 Å². The van der Waals surface area contributed by atoms with Crippen LogP contribution >= 0.6 is 15.9 Å². The third-order valence-corrected chi connectivity index (χ3v) is 5.94. The van der Waals surface area contributed by atoms with Crippen molar-refractivity contribution in [2.24, 2.45) is 7.05 Å². The van der Waals surface area contributed by atoms with Crippen molar-refractivity contribution in [2.45, 2.75) is 10.4 Å². The van der Waals surface area contributed by atoms with Gasteiger partial charge in [0.2, 0.25) is 15.0 Å². The van der Waals surface area contributed by atoms with Crippen LogP contribution in [0.2, 0.25) is 0 Å². The average molecular weight is 386 g/mol. The maximum Gasteiger partial charge on any atom is 0.255 e. The summed E-state index contributed by atoms with van der Waals surface area (Å²) >= 11 is 3.25. The van der Waals surface area contributed by atoms with Crippen molar-refractivity contribution in [3.05, 3.63) is 34.8 Å². The van der Waals surface area contributed by atoms with Gasteiger partial charge >= 0.3 is 0 Å². The van der Waals surface area contributed by atoms with Crippen molar-refractivity contribution >= 4 is 31.7 Å². The molecule has 8 nitrogen and oxygen atoms in total. The SMILES string of the molecule is Cn1cnnc1S(=O)(=O)C1CN(C(=O)c2cncc(Br)c2)C1. The second-order valence-electron chi connectivity index (χ2n) is 4.99. The van der Waals surface area contributed by atoms with Crippen LogP contribution in [-0.4, -0.2) is 57.3 Å². The summed E-state index contributed by atoms with van der Waals surface area (Å²) < 4.78 is 26.8. The monoisotopic (exact) mass is 385 g/mol. The highest BCUT2D eigenvalue weighted by atomic mass is 79.9. The summed E-state index contributed by atoms with van der Waals surface area (Å²) in [5, 5.41) is 6.49. The number of nitrogens with zero attached hydrogens (tertiary/aromatic N) is 5. The number of carbonyl (C=O) groups is 1. The number of hydrogen-bond donors (Lipinski definition) is 0. The smallest absolute Gasteiger partial charge is 0.255 e. The van der Waals surface area contributed by atoms with E-state index in [1.807, 2.05) is 0 Å². The third kappa shape index (κ3) is 2.52. The fourth-order valence-corrected chi connectivity index (χ4v) is 4.22. The lowest BCUT2D eigenvalue weighted by Gasteiger charge is -2.38. The number of halogens is 1. The molecule has 0 spiro atoms. The molecular weight excluding hydrogens is 374 g/mol. The number of aryl methyl sites for hydroxylation is 1. The van der Waals surface area contributed by atoms with Crippen LogP contribution in [0.3, 0.4) is 0 Å². The average Bonchev–Trinajstić information content (AvgIpc) is 2.83. The van der Waals surface area contributed by atoms with E-state index in [0.29, 0.717) is 10.0 Å². The molecule has 2 aromatic heterocycles. The van der Waals surface area contributed by atoms with Gasteiger partial charge in [-0.1, -0.05) is 0 Å². The summed E-state index contributed by atoms with van der Waals surface area (Å²) in [6.45, 7) is 0.279. The van der Waals surface area contributed by atoms with E-state index in [9.17, 15) is 13.2 Å². The number of amides is 1. The van der Waals surface area contributed by atoms with E-state index in [0.717, 1.165) is 0 Å². The Labute approximate surface area is 135 Å². The number of carbonyl (C=O) groups excluding carboxylic acids is 1. The van der Waals surface area contributed by atoms with E-state index < -0.39 is 15.1 Å². The molecule has 1 saturated heterocycles. The van der Waals surface area contributed by atoms with Crippen molar-refractivity contribution in [1.82, 2.24) is 24.6 Å². The zero-order valence-corrected chi connectivity index (χ0v) is 14.0. The molecule has 3 rings (SSSR count). The van der Waals surface area contributed by atoms with Gasteiger partial charge in [0, 0.05) is 37.0 Å². The molecule has 0 bridgehead atoms. The van der Waals surface area contributed by atoms with E-state index in [-0.39, 0.29) is 24.2 Å². The van der Waals surface area contributed by atoms with Crippen molar-refractivity contribution in [3.8, 4) is 0 Å². The van der Waals surface area contributed by atoms with Crippen LogP contribution in [0.4, 0.5) is 0 Å². The molecule has 1 aliphatic rings. The van der Waals surface area contributed by atoms with Gasteiger partial charge in [-0.3, -0.25) is 9.78 Å². The molecule has 10 heteroatoms. The number of sulfone groups is 1. The topological polar surface area (TPSA) is 98.0 Å². The highest BCUT2D eigenvalue weighted by Crippen LogP contribution is 2.24. The van der Waals surface area contributed by atoms with Crippen LogP contribution in [0.25, 0.3) is 0 Å². The predicted octanol–water partition coefficient (Wildman–Crippen LogP) is 0.271. The molecule has 0 aliphatic carbocycles. The molecule has 1 fully saturated rings. The van der Waals surface area contributed by atoms with Gasteiger partial charge in [-0.15, -0.1) is 10.2 Å². The summed E-state index contributed by atoms with van der Waals surface area (Å²) in [4.78, 5) is 17.6. The minimum atomic E-state index is -3.58. The zero-order chi connectivity index (χ0) is 15.9. The van der Waals surface area contributed by atoms with Crippen molar-refractivity contribution in [2.75, 3.05) is 13.1 Å². The summed E-state index contributed by atoms with van der Waals surface area (Å²) in [6, 6.07) is 1.65. The Morgan fingerprint density at radius 3 is 2.68 bits per heavy atom. The minimum Gasteiger partial charge on any atom is -0.336 e. The lowest BCUT2D eigenvalue weighted by Crippen LogP contribution is -2.57. The summed E-state index contributed by atoms with van der Waals surface area (Å²) in [5.74, 6) is -0.238. The van der Waals surface area contributed by atoms with Crippen molar-refractivity contribution in [1.29, 1.82) is 0 Å². The third-order valence-electron chi connectivity index (χ3n) is 3.45. The molecule has 0 atom stereocenters. The van der Waals surface area contributed by atoms with Crippen LogP contribution in [0.1, 0.15) is 10.4 Å². The quantitative estimate of drug-likeness (QED) is 0.751. The molecule has 1 amide bonds. The van der Waals surface area contributed by atoms with Crippen molar-refractivity contribution < 1.29 is 13.2 Å². The van der Waals surface area contributed by atoms with Crippen molar-refractivity contribution in [3.63, 3.8) is 0 Å². The molecule has 0 N–H and O–H groups in total. The lowest BCUT2D eigenvalue weighted by molar-refractivity contribution is 0.0658. The van der Waals surface area contributed by atoms with Crippen LogP contribution in [0.15, 0.2) is 34.4 Å². The largest absolute Gasteiger partial charge is 0.336 e. The first-order valence-corrected chi connectivity index (χ1v) is 8.71. The molecular formula is C12H12BrN5O3S. The first kappa shape index (κ1) is 15.1. The second-order valence-corrected chi connectivity index (χ2v) is 8.03. The van der Waals surface area contributed by atoms with Crippen LogP contribution in [-0.2, 0) is 16.9 Å². The standard InChI is InChI=1S/C12H12BrN5O3S/c1-17-7-15-16-12(17)22(20,21)10-5-18(6-10)11(19)8-2-9(13)4-14-3-8/h2-4,7,10H,5-6H2,1H3. The fourth-order valence-electron chi connectivity index (χ4n) is 2.19. The second kappa shape index (κ2) is 5.43. The highest BCUT2D eigenvalue weighted by Gasteiger charge is 2.42. The molecule has 22 heavy (non-hydrogen) atoms. The molecule has 0 aromatic carbocycles. The Kier molecular flexibility index (Phi) is 3.73. The Hall–Kier alpha value is -1.81. The Balaban J connectivity index is 1.72. The first-order valence-electron chi connectivity index (χ1n) is 6.37. The number of pyridine rings is 1. The van der Waals surface area contributed by atoms with Gasteiger partial charge in [-0.2, -0.15) is 0 Å². The molecule has 116 valence electrons. The summed E-state index contributed by atoms with van der Waals surface area (Å²) in [7, 11) is -2.00. The lowest BCUT2D eigenvalue weighted by atomic mass is 10.1. The predicted molar refractivity (Wildman–Crippen MR) is 79.8 cm³/mol. The summed E-state index contributed by atoms with van der Waals surface area (Å²) in [5.41, 5.74) is 0.420. The summed E-state index contributed by atoms with van der Waals surface area (Å²) in [6.07, 6.45) is 4.37. The molecule has 3 heterocycles. The van der Waals surface area contributed by atoms with E-state index in [1.165, 1.54) is 22.0 Å². The molecule has 1 aliphatic heterocycles. The Bertz CT molecular complexity index is 829.